The minimum atomic E-state index is -0.358. The van der Waals surface area contributed by atoms with Crippen molar-refractivity contribution in [2.24, 2.45) is 5.41 Å². The summed E-state index contributed by atoms with van der Waals surface area (Å²) in [5, 5.41) is 17.7. The maximum atomic E-state index is 12.6. The van der Waals surface area contributed by atoms with Crippen molar-refractivity contribution in [3.63, 3.8) is 0 Å². The molecule has 7 nitrogen and oxygen atoms in total. The number of nitrogens with zero attached hydrogens (tertiary/aromatic N) is 3. The van der Waals surface area contributed by atoms with Crippen LogP contribution in [0.4, 0.5) is 0 Å². The fourth-order valence-corrected chi connectivity index (χ4v) is 4.15. The lowest BCUT2D eigenvalue weighted by molar-refractivity contribution is -0.145. The van der Waals surface area contributed by atoms with Gasteiger partial charge in [0.15, 0.2) is 5.82 Å². The van der Waals surface area contributed by atoms with E-state index in [1.807, 2.05) is 19.9 Å². The number of pyridine rings is 1. The van der Waals surface area contributed by atoms with E-state index in [0.29, 0.717) is 31.0 Å². The zero-order valence-electron chi connectivity index (χ0n) is 15.1. The summed E-state index contributed by atoms with van der Waals surface area (Å²) in [6, 6.07) is 5.54. The highest BCUT2D eigenvalue weighted by atomic mass is 16.5. The number of aliphatic hydroxyl groups is 1. The van der Waals surface area contributed by atoms with Gasteiger partial charge in [-0.05, 0) is 51.3 Å². The summed E-state index contributed by atoms with van der Waals surface area (Å²) in [6.45, 7) is 5.19. The normalized spacial score (nSPS) is 24.3. The van der Waals surface area contributed by atoms with Gasteiger partial charge in [0.1, 0.15) is 0 Å². The molecule has 0 aromatic carbocycles. The molecule has 3 heterocycles. The summed E-state index contributed by atoms with van der Waals surface area (Å²) in [4.78, 5) is 17.0. The molecule has 1 amide bonds. The largest absolute Gasteiger partial charge is 0.392 e. The molecule has 1 aliphatic heterocycles. The summed E-state index contributed by atoms with van der Waals surface area (Å²) in [6.07, 6.45) is 3.39. The molecule has 26 heavy (non-hydrogen) atoms. The van der Waals surface area contributed by atoms with Crippen molar-refractivity contribution in [2.75, 3.05) is 13.2 Å². The zero-order valence-corrected chi connectivity index (χ0v) is 15.1. The van der Waals surface area contributed by atoms with Crippen molar-refractivity contribution < 1.29 is 14.6 Å². The number of carbonyl (C=O) groups excluding carboxylic acids is 1. The quantitative estimate of drug-likeness (QED) is 0.871. The lowest BCUT2D eigenvalue weighted by atomic mass is 9.58. The molecular formula is C19H24N4O3. The van der Waals surface area contributed by atoms with Gasteiger partial charge in [-0.1, -0.05) is 0 Å². The minimum Gasteiger partial charge on any atom is -0.392 e. The molecular weight excluding hydrogens is 332 g/mol. The van der Waals surface area contributed by atoms with Crippen LogP contribution in [-0.4, -0.2) is 51.1 Å². The van der Waals surface area contributed by atoms with E-state index in [1.165, 1.54) is 0 Å². The number of nitrogens with one attached hydrogen (secondary N) is 1. The summed E-state index contributed by atoms with van der Waals surface area (Å²) in [7, 11) is 0. The van der Waals surface area contributed by atoms with E-state index in [1.54, 1.807) is 23.0 Å². The third-order valence-electron chi connectivity index (χ3n) is 5.78. The van der Waals surface area contributed by atoms with Crippen LogP contribution < -0.4 is 5.32 Å². The van der Waals surface area contributed by atoms with Gasteiger partial charge < -0.3 is 15.2 Å². The molecule has 0 unspecified atom stereocenters. The molecule has 0 radical (unpaired) electrons. The molecule has 2 aliphatic rings. The lowest BCUT2D eigenvalue weighted by Gasteiger charge is -2.55. The number of rotatable bonds is 3. The van der Waals surface area contributed by atoms with Crippen LogP contribution in [0.5, 0.6) is 0 Å². The average Bonchev–Trinajstić information content (AvgIpc) is 3.00. The number of ether oxygens (including phenoxy) is 1. The van der Waals surface area contributed by atoms with Gasteiger partial charge in [0, 0.05) is 36.6 Å². The molecule has 0 bridgehead atoms. The summed E-state index contributed by atoms with van der Waals surface area (Å²) >= 11 is 0. The van der Waals surface area contributed by atoms with Gasteiger partial charge in [-0.3, -0.25) is 4.79 Å². The fraction of sp³-hybridized carbons (Fsp3) is 0.526. The second-order valence-electron chi connectivity index (χ2n) is 7.37. The van der Waals surface area contributed by atoms with E-state index in [0.717, 1.165) is 24.2 Å². The number of aromatic nitrogens is 3. The van der Waals surface area contributed by atoms with Gasteiger partial charge in [0.2, 0.25) is 0 Å². The Balaban J connectivity index is 1.46. The van der Waals surface area contributed by atoms with Crippen LogP contribution in [0, 0.1) is 19.3 Å². The smallest absolute Gasteiger partial charge is 0.253 e. The monoisotopic (exact) mass is 356 g/mol. The van der Waals surface area contributed by atoms with Crippen LogP contribution >= 0.6 is 0 Å². The van der Waals surface area contributed by atoms with E-state index < -0.39 is 0 Å². The van der Waals surface area contributed by atoms with Crippen LogP contribution in [0.2, 0.25) is 0 Å². The third-order valence-corrected chi connectivity index (χ3v) is 5.78. The molecule has 2 atom stereocenters. The number of aryl methyl sites for hydroxylation is 2. The Morgan fingerprint density at radius 3 is 2.69 bits per heavy atom. The van der Waals surface area contributed by atoms with E-state index in [4.69, 9.17) is 4.74 Å². The lowest BCUT2D eigenvalue weighted by Crippen LogP contribution is -2.65. The first kappa shape index (κ1) is 17.2. The van der Waals surface area contributed by atoms with Crippen molar-refractivity contribution in [1.82, 2.24) is 20.1 Å². The highest BCUT2D eigenvalue weighted by Crippen LogP contribution is 2.49. The predicted octanol–water partition coefficient (Wildman–Crippen LogP) is 1.54. The van der Waals surface area contributed by atoms with Crippen LogP contribution in [0.3, 0.4) is 0 Å². The summed E-state index contributed by atoms with van der Waals surface area (Å²) in [5.74, 6) is 0.535. The Morgan fingerprint density at radius 2 is 2.12 bits per heavy atom. The van der Waals surface area contributed by atoms with E-state index in [2.05, 4.69) is 15.4 Å². The molecule has 2 fully saturated rings. The fourth-order valence-electron chi connectivity index (χ4n) is 4.15. The number of hydrogen-bond acceptors (Lipinski definition) is 5. The van der Waals surface area contributed by atoms with Crippen molar-refractivity contribution in [1.29, 1.82) is 0 Å². The first-order valence-corrected chi connectivity index (χ1v) is 9.06. The second-order valence-corrected chi connectivity index (χ2v) is 7.37. The number of aliphatic hydroxyl groups excluding tert-OH is 1. The van der Waals surface area contributed by atoms with Crippen LogP contribution in [0.1, 0.15) is 41.0 Å². The summed E-state index contributed by atoms with van der Waals surface area (Å²) < 4.78 is 7.17. The topological polar surface area (TPSA) is 89.3 Å². The van der Waals surface area contributed by atoms with Crippen LogP contribution in [0.15, 0.2) is 24.4 Å². The first-order valence-electron chi connectivity index (χ1n) is 9.06. The molecule has 2 N–H and O–H groups in total. The van der Waals surface area contributed by atoms with Crippen molar-refractivity contribution in [3.8, 4) is 5.82 Å². The number of amides is 1. The SMILES string of the molecule is Cc1cc(C)n(-c2ccc(C(=O)N[C@@H]3C[C@@H](O)C34CCOCC4)cn2)n1. The zero-order chi connectivity index (χ0) is 18.3. The Morgan fingerprint density at radius 1 is 1.35 bits per heavy atom. The van der Waals surface area contributed by atoms with Crippen molar-refractivity contribution in [2.45, 2.75) is 45.3 Å². The average molecular weight is 356 g/mol. The van der Waals surface area contributed by atoms with Gasteiger partial charge in [0.05, 0.1) is 17.4 Å². The van der Waals surface area contributed by atoms with Crippen molar-refractivity contribution >= 4 is 5.91 Å². The van der Waals surface area contributed by atoms with Crippen LogP contribution in [0.25, 0.3) is 5.82 Å². The molecule has 2 aromatic heterocycles. The Hall–Kier alpha value is -2.25. The van der Waals surface area contributed by atoms with Gasteiger partial charge in [-0.15, -0.1) is 0 Å². The number of hydrogen-bond donors (Lipinski definition) is 2. The molecule has 2 aromatic rings. The molecule has 1 saturated carbocycles. The maximum absolute atomic E-state index is 12.6. The van der Waals surface area contributed by atoms with Gasteiger partial charge in [0.25, 0.3) is 5.91 Å². The minimum absolute atomic E-state index is 0.00964. The van der Waals surface area contributed by atoms with Crippen LogP contribution in [-0.2, 0) is 4.74 Å². The van der Waals surface area contributed by atoms with Crippen molar-refractivity contribution in [3.05, 3.63) is 41.3 Å². The maximum Gasteiger partial charge on any atom is 0.253 e. The van der Waals surface area contributed by atoms with E-state index in [9.17, 15) is 9.90 Å². The molecule has 1 spiro atoms. The summed E-state index contributed by atoms with van der Waals surface area (Å²) in [5.41, 5.74) is 2.21. The standard InChI is InChI=1S/C19H24N4O3/c1-12-9-13(2)23(22-12)17-4-3-14(11-20-17)18(25)21-15-10-16(24)19(15)5-7-26-8-6-19/h3-4,9,11,15-16,24H,5-8,10H2,1-2H3,(H,21,25)/t15-,16-/m1/s1. The third kappa shape index (κ3) is 2.81. The molecule has 4 rings (SSSR count). The molecule has 1 aliphatic carbocycles. The highest BCUT2D eigenvalue weighted by Gasteiger charge is 2.55. The van der Waals surface area contributed by atoms with E-state index in [-0.39, 0.29) is 23.5 Å². The molecule has 138 valence electrons. The Labute approximate surface area is 152 Å². The second kappa shape index (κ2) is 6.48. The van der Waals surface area contributed by atoms with Gasteiger partial charge in [-0.25, -0.2) is 9.67 Å². The van der Waals surface area contributed by atoms with Gasteiger partial charge in [-0.2, -0.15) is 5.10 Å². The Kier molecular flexibility index (Phi) is 4.28. The Bertz CT molecular complexity index is 809. The highest BCUT2D eigenvalue weighted by molar-refractivity contribution is 5.94. The first-order chi connectivity index (χ1) is 12.5. The molecule has 7 heteroatoms. The predicted molar refractivity (Wildman–Crippen MR) is 95.2 cm³/mol. The number of carbonyl (C=O) groups is 1. The van der Waals surface area contributed by atoms with Gasteiger partial charge >= 0.3 is 0 Å². The molecule has 1 saturated heterocycles. The van der Waals surface area contributed by atoms with E-state index >= 15 is 0 Å².